The number of aromatic nitrogens is 2. The maximum absolute atomic E-state index is 12.6. The zero-order valence-corrected chi connectivity index (χ0v) is 16.5. The summed E-state index contributed by atoms with van der Waals surface area (Å²) in [5.41, 5.74) is 2.43. The lowest BCUT2D eigenvalue weighted by Crippen LogP contribution is -2.30. The highest BCUT2D eigenvalue weighted by Crippen LogP contribution is 2.45. The van der Waals surface area contributed by atoms with Crippen molar-refractivity contribution in [3.05, 3.63) is 70.1 Å². The van der Waals surface area contributed by atoms with Gasteiger partial charge in [0.15, 0.2) is 0 Å². The minimum absolute atomic E-state index is 0.109. The molecule has 1 N–H and O–H groups in total. The van der Waals surface area contributed by atoms with Crippen LogP contribution in [-0.4, -0.2) is 27.2 Å². The summed E-state index contributed by atoms with van der Waals surface area (Å²) in [4.78, 5) is 25.1. The Bertz CT molecular complexity index is 1060. The van der Waals surface area contributed by atoms with Crippen LogP contribution in [0.15, 0.2) is 53.3 Å². The van der Waals surface area contributed by atoms with Crippen LogP contribution in [0.2, 0.25) is 0 Å². The quantitative estimate of drug-likeness (QED) is 0.725. The second-order valence-corrected chi connectivity index (χ2v) is 9.07. The molecule has 1 saturated heterocycles. The molecule has 2 aromatic carbocycles. The molecule has 27 heavy (non-hydrogen) atoms. The minimum Gasteiger partial charge on any atom is -0.324 e. The zero-order chi connectivity index (χ0) is 18.8. The lowest BCUT2D eigenvalue weighted by molar-refractivity contribution is -0.117. The third kappa shape index (κ3) is 3.89. The first kappa shape index (κ1) is 18.1. The summed E-state index contributed by atoms with van der Waals surface area (Å²) in [6, 6.07) is 15.2. The van der Waals surface area contributed by atoms with Crippen LogP contribution < -0.4 is 10.9 Å². The summed E-state index contributed by atoms with van der Waals surface area (Å²) < 4.78 is 1.66. The van der Waals surface area contributed by atoms with E-state index in [9.17, 15) is 9.59 Å². The number of anilines is 1. The van der Waals surface area contributed by atoms with Gasteiger partial charge in [-0.1, -0.05) is 30.3 Å². The summed E-state index contributed by atoms with van der Waals surface area (Å²) >= 11 is 3.85. The number of fused-ring (bicyclic) bond motifs is 1. The van der Waals surface area contributed by atoms with Crippen molar-refractivity contribution < 1.29 is 4.79 Å². The Labute approximate surface area is 165 Å². The second kappa shape index (κ2) is 7.78. The molecule has 1 aliphatic rings. The number of hydrogen-bond acceptors (Lipinski definition) is 5. The van der Waals surface area contributed by atoms with Gasteiger partial charge in [0, 0.05) is 22.6 Å². The van der Waals surface area contributed by atoms with Crippen molar-refractivity contribution in [2.24, 2.45) is 0 Å². The van der Waals surface area contributed by atoms with Crippen LogP contribution in [-0.2, 0) is 11.3 Å². The maximum Gasteiger partial charge on any atom is 0.275 e. The Morgan fingerprint density at radius 2 is 1.89 bits per heavy atom. The smallest absolute Gasteiger partial charge is 0.275 e. The predicted molar refractivity (Wildman–Crippen MR) is 113 cm³/mol. The second-order valence-electron chi connectivity index (χ2n) is 6.34. The van der Waals surface area contributed by atoms with Gasteiger partial charge in [0.25, 0.3) is 5.56 Å². The van der Waals surface area contributed by atoms with Gasteiger partial charge in [-0.05, 0) is 30.7 Å². The Balaban J connectivity index is 1.53. The first-order valence-electron chi connectivity index (χ1n) is 8.71. The number of benzene rings is 2. The molecule has 1 amide bonds. The van der Waals surface area contributed by atoms with Crippen LogP contribution in [0, 0.1) is 6.92 Å². The zero-order valence-electron chi connectivity index (χ0n) is 14.8. The van der Waals surface area contributed by atoms with Crippen LogP contribution in [0.1, 0.15) is 15.8 Å². The molecule has 3 aromatic rings. The molecule has 1 aromatic heterocycles. The van der Waals surface area contributed by atoms with E-state index in [0.29, 0.717) is 9.97 Å². The van der Waals surface area contributed by atoms with Gasteiger partial charge in [0.2, 0.25) is 5.91 Å². The lowest BCUT2D eigenvalue weighted by atomic mass is 10.1. The molecule has 5 nitrogen and oxygen atoms in total. The molecule has 0 atom stereocenters. The normalized spacial score (nSPS) is 14.6. The Hall–Kier alpha value is -2.25. The largest absolute Gasteiger partial charge is 0.324 e. The first-order valence-corrected chi connectivity index (χ1v) is 10.8. The molecule has 1 aliphatic heterocycles. The van der Waals surface area contributed by atoms with E-state index < -0.39 is 0 Å². The van der Waals surface area contributed by atoms with E-state index in [1.165, 1.54) is 10.2 Å². The van der Waals surface area contributed by atoms with E-state index in [1.807, 2.05) is 66.8 Å². The Kier molecular flexibility index (Phi) is 5.22. The molecule has 7 heteroatoms. The summed E-state index contributed by atoms with van der Waals surface area (Å²) in [5, 5.41) is 8.59. The molecule has 0 saturated carbocycles. The third-order valence-corrected chi connectivity index (χ3v) is 7.51. The van der Waals surface area contributed by atoms with E-state index in [2.05, 4.69) is 16.5 Å². The highest BCUT2D eigenvalue weighted by atomic mass is 32.2. The van der Waals surface area contributed by atoms with E-state index in [4.69, 9.17) is 0 Å². The van der Waals surface area contributed by atoms with Crippen LogP contribution in [0.25, 0.3) is 10.8 Å². The van der Waals surface area contributed by atoms with E-state index in [-0.39, 0.29) is 18.0 Å². The number of nitrogens with zero attached hydrogens (tertiary/aromatic N) is 2. The standard InChI is InChI=1S/C20H19N3O2S2/c1-13-16-7-2-3-8-17(16)19(25)23(22-13)12-18(24)21-15-6-4-5-14(11-15)20-26-9-10-27-20/h2-8,11,20H,9-10,12H2,1H3,(H,21,24). The van der Waals surface area contributed by atoms with Gasteiger partial charge in [-0.25, -0.2) is 4.68 Å². The van der Waals surface area contributed by atoms with Crippen LogP contribution in [0.3, 0.4) is 0 Å². The third-order valence-electron chi connectivity index (χ3n) is 4.41. The van der Waals surface area contributed by atoms with Gasteiger partial charge in [0.05, 0.1) is 15.7 Å². The summed E-state index contributed by atoms with van der Waals surface area (Å²) in [6.45, 7) is 1.73. The average molecular weight is 398 g/mol. The van der Waals surface area contributed by atoms with E-state index >= 15 is 0 Å². The van der Waals surface area contributed by atoms with Crippen LogP contribution >= 0.6 is 23.5 Å². The van der Waals surface area contributed by atoms with Gasteiger partial charge in [0.1, 0.15) is 6.54 Å². The van der Waals surface area contributed by atoms with Gasteiger partial charge in [-0.15, -0.1) is 23.5 Å². The number of hydrogen-bond donors (Lipinski definition) is 1. The van der Waals surface area contributed by atoms with Crippen LogP contribution in [0.4, 0.5) is 5.69 Å². The van der Waals surface area contributed by atoms with Crippen molar-refractivity contribution in [2.45, 2.75) is 18.1 Å². The molecule has 4 rings (SSSR count). The molecule has 0 aliphatic carbocycles. The topological polar surface area (TPSA) is 64.0 Å². The molecular formula is C20H19N3O2S2. The van der Waals surface area contributed by atoms with Crippen molar-refractivity contribution >= 4 is 45.9 Å². The summed E-state index contributed by atoms with van der Waals surface area (Å²) in [5.74, 6) is 2.05. The monoisotopic (exact) mass is 397 g/mol. The predicted octanol–water partition coefficient (Wildman–Crippen LogP) is 3.82. The fraction of sp³-hybridized carbons (Fsp3) is 0.250. The molecule has 0 bridgehead atoms. The highest BCUT2D eigenvalue weighted by molar-refractivity contribution is 8.19. The minimum atomic E-state index is -0.261. The maximum atomic E-state index is 12.6. The number of rotatable bonds is 4. The fourth-order valence-corrected chi connectivity index (χ4v) is 6.00. The molecule has 0 spiro atoms. The fourth-order valence-electron chi connectivity index (χ4n) is 3.16. The molecular weight excluding hydrogens is 378 g/mol. The van der Waals surface area contributed by atoms with Crippen molar-refractivity contribution in [1.29, 1.82) is 0 Å². The molecule has 138 valence electrons. The lowest BCUT2D eigenvalue weighted by Gasteiger charge is -2.12. The number of nitrogens with one attached hydrogen (secondary N) is 1. The van der Waals surface area contributed by atoms with Crippen molar-refractivity contribution in [1.82, 2.24) is 9.78 Å². The van der Waals surface area contributed by atoms with E-state index in [1.54, 1.807) is 6.07 Å². The number of carbonyl (C=O) groups is 1. The molecule has 1 fully saturated rings. The number of amides is 1. The average Bonchev–Trinajstić information content (AvgIpc) is 3.21. The SMILES string of the molecule is Cc1nn(CC(=O)Nc2cccc(C3SCCS3)c2)c(=O)c2ccccc12. The molecule has 0 radical (unpaired) electrons. The Morgan fingerprint density at radius 3 is 2.67 bits per heavy atom. The number of aryl methyl sites for hydroxylation is 1. The van der Waals surface area contributed by atoms with Crippen molar-refractivity contribution in [3.63, 3.8) is 0 Å². The van der Waals surface area contributed by atoms with Gasteiger partial charge in [-0.3, -0.25) is 9.59 Å². The Morgan fingerprint density at radius 1 is 1.15 bits per heavy atom. The summed E-state index contributed by atoms with van der Waals surface area (Å²) in [7, 11) is 0. The summed E-state index contributed by atoms with van der Waals surface area (Å²) in [6.07, 6.45) is 0. The first-order chi connectivity index (χ1) is 13.1. The highest BCUT2D eigenvalue weighted by Gasteiger charge is 2.18. The van der Waals surface area contributed by atoms with Crippen LogP contribution in [0.5, 0.6) is 0 Å². The van der Waals surface area contributed by atoms with Gasteiger partial charge < -0.3 is 5.32 Å². The number of carbonyl (C=O) groups excluding carboxylic acids is 1. The van der Waals surface area contributed by atoms with E-state index in [0.717, 1.165) is 28.3 Å². The van der Waals surface area contributed by atoms with Gasteiger partial charge >= 0.3 is 0 Å². The molecule has 2 heterocycles. The van der Waals surface area contributed by atoms with Crippen molar-refractivity contribution in [2.75, 3.05) is 16.8 Å². The van der Waals surface area contributed by atoms with Gasteiger partial charge in [-0.2, -0.15) is 5.10 Å². The molecule has 0 unspecified atom stereocenters. The van der Waals surface area contributed by atoms with Crippen molar-refractivity contribution in [3.8, 4) is 0 Å². The number of thioether (sulfide) groups is 2.